The lowest BCUT2D eigenvalue weighted by molar-refractivity contribution is 0.656. The molecule has 0 saturated heterocycles. The van der Waals surface area contributed by atoms with Crippen molar-refractivity contribution in [3.63, 3.8) is 0 Å². The molecule has 0 aliphatic heterocycles. The molecule has 0 unspecified atom stereocenters. The molecule has 2 aromatic rings. The smallest absolute Gasteiger partial charge is 0.0766 e. The molecule has 1 N–H and O–H groups in total. The molecule has 1 aliphatic rings. The fourth-order valence-corrected chi connectivity index (χ4v) is 3.71. The summed E-state index contributed by atoms with van der Waals surface area (Å²) in [7, 11) is 0. The van der Waals surface area contributed by atoms with Crippen LogP contribution in [-0.4, -0.2) is 15.8 Å². The Hall–Kier alpha value is -0.650. The van der Waals surface area contributed by atoms with Crippen molar-refractivity contribution in [2.75, 3.05) is 0 Å². The minimum atomic E-state index is 0.744. The third kappa shape index (κ3) is 2.93. The molecule has 5 heteroatoms. The van der Waals surface area contributed by atoms with Gasteiger partial charge in [0.15, 0.2) is 0 Å². The third-order valence-corrected chi connectivity index (χ3v) is 5.57. The molecule has 3 nitrogen and oxygen atoms in total. The average molecular weight is 340 g/mol. The fourth-order valence-electron chi connectivity index (χ4n) is 2.25. The van der Waals surface area contributed by atoms with E-state index in [9.17, 15) is 0 Å². The van der Waals surface area contributed by atoms with Crippen LogP contribution in [-0.2, 0) is 13.1 Å². The van der Waals surface area contributed by atoms with Gasteiger partial charge in [0.1, 0.15) is 0 Å². The van der Waals surface area contributed by atoms with E-state index < -0.39 is 0 Å². The van der Waals surface area contributed by atoms with Crippen LogP contribution in [0, 0.1) is 13.8 Å². The summed E-state index contributed by atoms with van der Waals surface area (Å²) in [5.74, 6) is 0. The van der Waals surface area contributed by atoms with E-state index >= 15 is 0 Å². The molecule has 2 aromatic heterocycles. The summed E-state index contributed by atoms with van der Waals surface area (Å²) in [5.41, 5.74) is 3.80. The molecule has 0 aromatic carbocycles. The SMILES string of the molecule is Cc1nn(Cc2sccc2Br)c(C)c1CNC1CC1. The number of hydrogen-bond donors (Lipinski definition) is 1. The third-order valence-electron chi connectivity index (χ3n) is 3.66. The summed E-state index contributed by atoms with van der Waals surface area (Å²) in [4.78, 5) is 1.33. The van der Waals surface area contributed by atoms with E-state index in [0.717, 1.165) is 24.8 Å². The molecule has 2 heterocycles. The van der Waals surface area contributed by atoms with Crippen molar-refractivity contribution < 1.29 is 0 Å². The Labute approximate surface area is 126 Å². The number of rotatable bonds is 5. The minimum Gasteiger partial charge on any atom is -0.310 e. The largest absolute Gasteiger partial charge is 0.310 e. The topological polar surface area (TPSA) is 29.9 Å². The summed E-state index contributed by atoms with van der Waals surface area (Å²) in [6.45, 7) is 6.09. The number of halogens is 1. The highest BCUT2D eigenvalue weighted by atomic mass is 79.9. The molecule has 0 spiro atoms. The molecule has 0 bridgehead atoms. The summed E-state index contributed by atoms with van der Waals surface area (Å²) in [6, 6.07) is 2.84. The van der Waals surface area contributed by atoms with Crippen molar-refractivity contribution in [2.24, 2.45) is 0 Å². The first-order valence-corrected chi connectivity index (χ1v) is 8.30. The lowest BCUT2D eigenvalue weighted by Gasteiger charge is -2.05. The maximum Gasteiger partial charge on any atom is 0.0766 e. The van der Waals surface area contributed by atoms with Gasteiger partial charge in [-0.2, -0.15) is 5.10 Å². The fraction of sp³-hybridized carbons (Fsp3) is 0.500. The zero-order valence-corrected chi connectivity index (χ0v) is 13.6. The highest BCUT2D eigenvalue weighted by Crippen LogP contribution is 2.25. The number of aryl methyl sites for hydroxylation is 1. The Morgan fingerprint density at radius 3 is 2.89 bits per heavy atom. The first-order valence-electron chi connectivity index (χ1n) is 6.63. The van der Waals surface area contributed by atoms with Crippen LogP contribution < -0.4 is 5.32 Å². The molecule has 3 rings (SSSR count). The first kappa shape index (κ1) is 13.3. The van der Waals surface area contributed by atoms with Crippen LogP contribution in [0.1, 0.15) is 34.7 Å². The Balaban J connectivity index is 1.78. The Morgan fingerprint density at radius 2 is 2.26 bits per heavy atom. The molecular formula is C14H18BrN3S. The van der Waals surface area contributed by atoms with Gasteiger partial charge in [-0.15, -0.1) is 11.3 Å². The summed E-state index contributed by atoms with van der Waals surface area (Å²) in [5, 5.41) is 10.4. The zero-order valence-electron chi connectivity index (χ0n) is 11.2. The van der Waals surface area contributed by atoms with Gasteiger partial charge in [-0.05, 0) is 54.1 Å². The quantitative estimate of drug-likeness (QED) is 0.901. The summed E-state index contributed by atoms with van der Waals surface area (Å²) < 4.78 is 3.30. The number of nitrogens with zero attached hydrogens (tertiary/aromatic N) is 2. The second-order valence-corrected chi connectivity index (χ2v) is 7.01. The van der Waals surface area contributed by atoms with Crippen molar-refractivity contribution in [1.29, 1.82) is 0 Å². The van der Waals surface area contributed by atoms with Crippen LogP contribution in [0.15, 0.2) is 15.9 Å². The highest BCUT2D eigenvalue weighted by Gasteiger charge is 2.21. The molecule has 1 fully saturated rings. The van der Waals surface area contributed by atoms with Gasteiger partial charge >= 0.3 is 0 Å². The predicted octanol–water partition coefficient (Wildman–Crippen LogP) is 3.62. The van der Waals surface area contributed by atoms with Crippen molar-refractivity contribution in [3.8, 4) is 0 Å². The van der Waals surface area contributed by atoms with Crippen LogP contribution in [0.4, 0.5) is 0 Å². The van der Waals surface area contributed by atoms with Crippen molar-refractivity contribution in [1.82, 2.24) is 15.1 Å². The maximum atomic E-state index is 4.69. The molecule has 102 valence electrons. The highest BCUT2D eigenvalue weighted by molar-refractivity contribution is 9.10. The van der Waals surface area contributed by atoms with Crippen molar-refractivity contribution in [3.05, 3.63) is 37.7 Å². The standard InChI is InChI=1S/C14H18BrN3S/c1-9-12(7-16-11-3-4-11)10(2)18(17-9)8-14-13(15)5-6-19-14/h5-6,11,16H,3-4,7-8H2,1-2H3. The van der Waals surface area contributed by atoms with Crippen LogP contribution in [0.2, 0.25) is 0 Å². The van der Waals surface area contributed by atoms with Gasteiger partial charge in [0.05, 0.1) is 12.2 Å². The lowest BCUT2D eigenvalue weighted by atomic mass is 10.2. The molecule has 0 atom stereocenters. The van der Waals surface area contributed by atoms with E-state index in [4.69, 9.17) is 0 Å². The van der Waals surface area contributed by atoms with Crippen molar-refractivity contribution in [2.45, 2.75) is 45.8 Å². The first-order chi connectivity index (χ1) is 9.15. The van der Waals surface area contributed by atoms with E-state index in [0.29, 0.717) is 0 Å². The van der Waals surface area contributed by atoms with Crippen LogP contribution >= 0.6 is 27.3 Å². The Bertz CT molecular complexity index is 584. The average Bonchev–Trinajstić information content (AvgIpc) is 3.06. The van der Waals surface area contributed by atoms with E-state index in [2.05, 4.69) is 56.3 Å². The molecule has 1 aliphatic carbocycles. The number of aromatic nitrogens is 2. The number of hydrogen-bond acceptors (Lipinski definition) is 3. The van der Waals surface area contributed by atoms with Gasteiger partial charge < -0.3 is 5.32 Å². The van der Waals surface area contributed by atoms with Crippen LogP contribution in [0.25, 0.3) is 0 Å². The van der Waals surface area contributed by atoms with Gasteiger partial charge in [0, 0.05) is 33.2 Å². The van der Waals surface area contributed by atoms with Gasteiger partial charge in [-0.25, -0.2) is 0 Å². The molecule has 1 saturated carbocycles. The maximum absolute atomic E-state index is 4.69. The van der Waals surface area contributed by atoms with Gasteiger partial charge in [-0.3, -0.25) is 4.68 Å². The normalized spacial score (nSPS) is 15.1. The van der Waals surface area contributed by atoms with Gasteiger partial charge in [0.2, 0.25) is 0 Å². The Morgan fingerprint density at radius 1 is 1.47 bits per heavy atom. The van der Waals surface area contributed by atoms with E-state index in [1.165, 1.54) is 33.4 Å². The van der Waals surface area contributed by atoms with Crippen LogP contribution in [0.3, 0.4) is 0 Å². The predicted molar refractivity (Wildman–Crippen MR) is 82.7 cm³/mol. The van der Waals surface area contributed by atoms with E-state index in [1.54, 1.807) is 11.3 Å². The van der Waals surface area contributed by atoms with Crippen molar-refractivity contribution >= 4 is 27.3 Å². The zero-order chi connectivity index (χ0) is 13.4. The van der Waals surface area contributed by atoms with Gasteiger partial charge in [-0.1, -0.05) is 0 Å². The van der Waals surface area contributed by atoms with E-state index in [1.807, 2.05) is 0 Å². The second-order valence-electron chi connectivity index (χ2n) is 5.15. The van der Waals surface area contributed by atoms with E-state index in [-0.39, 0.29) is 0 Å². The number of nitrogens with one attached hydrogen (secondary N) is 1. The molecule has 0 amide bonds. The van der Waals surface area contributed by atoms with Crippen LogP contribution in [0.5, 0.6) is 0 Å². The van der Waals surface area contributed by atoms with Gasteiger partial charge in [0.25, 0.3) is 0 Å². The number of thiophene rings is 1. The molecular weight excluding hydrogens is 322 g/mol. The lowest BCUT2D eigenvalue weighted by Crippen LogP contribution is -2.16. The summed E-state index contributed by atoms with van der Waals surface area (Å²) in [6.07, 6.45) is 2.66. The summed E-state index contributed by atoms with van der Waals surface area (Å²) >= 11 is 5.36. The Kier molecular flexibility index (Phi) is 3.78. The molecule has 19 heavy (non-hydrogen) atoms. The second kappa shape index (κ2) is 5.38. The monoisotopic (exact) mass is 339 g/mol. The minimum absolute atomic E-state index is 0.744. The molecule has 0 radical (unpaired) electrons.